The van der Waals surface area contributed by atoms with Gasteiger partial charge in [0.05, 0.1) is 23.0 Å². The van der Waals surface area contributed by atoms with Crippen molar-refractivity contribution in [2.24, 2.45) is 53.3 Å². The van der Waals surface area contributed by atoms with Crippen LogP contribution in [0.25, 0.3) is 0 Å². The number of esters is 2. The van der Waals surface area contributed by atoms with E-state index >= 15 is 0 Å². The van der Waals surface area contributed by atoms with Crippen molar-refractivity contribution in [3.8, 4) is 0 Å². The molecule has 0 saturated heterocycles. The molecule has 54 heavy (non-hydrogen) atoms. The lowest BCUT2D eigenvalue weighted by atomic mass is 9.52. The van der Waals surface area contributed by atoms with E-state index in [4.69, 9.17) is 9.47 Å². The molecule has 0 heterocycles. The number of carbonyl (C=O) groups is 2. The van der Waals surface area contributed by atoms with Crippen molar-refractivity contribution < 1.29 is 47.6 Å². The molecule has 7 nitrogen and oxygen atoms in total. The second kappa shape index (κ2) is 21.9. The molecule has 0 aromatic heterocycles. The van der Waals surface area contributed by atoms with Gasteiger partial charge in [0.25, 0.3) is 0 Å². The van der Waals surface area contributed by atoms with Gasteiger partial charge in [0.1, 0.15) is 11.7 Å². The highest BCUT2D eigenvalue weighted by Gasteiger charge is 2.59. The lowest BCUT2D eigenvalue weighted by molar-refractivity contribution is -0.261. The maximum atomic E-state index is 12.4. The minimum absolute atomic E-state index is 0. The number of rotatable bonds is 9. The quantitative estimate of drug-likeness (QED) is 0.199. The maximum Gasteiger partial charge on any atom is 0.417 e. The van der Waals surface area contributed by atoms with E-state index in [1.165, 1.54) is 26.2 Å². The number of hydrogen-bond donors (Lipinski definition) is 3. The zero-order valence-corrected chi connectivity index (χ0v) is 31.2. The third-order valence-electron chi connectivity index (χ3n) is 12.7. The van der Waals surface area contributed by atoms with E-state index in [1.807, 2.05) is 27.7 Å². The molecule has 6 aliphatic rings. The normalized spacial score (nSPS) is 33.8. The third kappa shape index (κ3) is 14.2. The smallest absolute Gasteiger partial charge is 0.417 e. The Bertz CT molecular complexity index is 1080. The number of halogens is 3. The first-order chi connectivity index (χ1) is 21.9. The number of alkyl halides is 3. The Hall–Kier alpha value is -1.39. The first kappa shape index (κ1) is 59.3. The highest BCUT2D eigenvalue weighted by atomic mass is 19.4. The highest BCUT2D eigenvalue weighted by molar-refractivity contribution is 5.72. The summed E-state index contributed by atoms with van der Waals surface area (Å²) >= 11 is 0. The monoisotopic (exact) mass is 787 g/mol. The minimum atomic E-state index is -4.73. The van der Waals surface area contributed by atoms with Gasteiger partial charge in [-0.15, -0.1) is 0 Å². The molecule has 6 saturated carbocycles. The molecule has 10 heteroatoms. The average Bonchev–Trinajstić information content (AvgIpc) is 3.50. The molecule has 328 valence electrons. The summed E-state index contributed by atoms with van der Waals surface area (Å²) < 4.78 is 47.8. The summed E-state index contributed by atoms with van der Waals surface area (Å²) in [7, 11) is 0. The molecular formula is C44H89F3O7. The summed E-state index contributed by atoms with van der Waals surface area (Å²) in [4.78, 5) is 23.4. The molecule has 6 bridgehead atoms. The summed E-state index contributed by atoms with van der Waals surface area (Å²) in [5, 5.41) is 29.8. The molecular weight excluding hydrogens is 697 g/mol. The topological polar surface area (TPSA) is 113 Å². The molecule has 11 unspecified atom stereocenters. The predicted octanol–water partition coefficient (Wildman–Crippen LogP) is 11.8. The fourth-order valence-electron chi connectivity index (χ4n) is 9.68. The fraction of sp³-hybridized carbons (Fsp3) is 0.955. The van der Waals surface area contributed by atoms with E-state index in [1.54, 1.807) is 13.8 Å². The average molecular weight is 787 g/mol. The molecule has 0 radical (unpaired) electrons. The minimum Gasteiger partial charge on any atom is -0.462 e. The summed E-state index contributed by atoms with van der Waals surface area (Å²) in [5.41, 5.74) is -4.17. The molecule has 0 spiro atoms. The first-order valence-electron chi connectivity index (χ1n) is 18.5. The van der Waals surface area contributed by atoms with Crippen LogP contribution in [0.15, 0.2) is 0 Å². The van der Waals surface area contributed by atoms with Crippen molar-refractivity contribution in [2.45, 2.75) is 219 Å². The zero-order valence-electron chi connectivity index (χ0n) is 31.2. The van der Waals surface area contributed by atoms with Gasteiger partial charge in [0, 0.05) is 12.8 Å². The summed E-state index contributed by atoms with van der Waals surface area (Å²) in [6, 6.07) is 0. The van der Waals surface area contributed by atoms with Crippen LogP contribution in [-0.2, 0) is 19.1 Å². The SMILES string of the molecule is C.C.C.C.C.C.CC1C2CC(C1C)C(C(C)(C)O)C2.CCC(C)C(=O)OC(C)CC(C)(O)C(F)(F)F.CCC(C)C(=O)OC12CC3CC(CC(O)(C3)C1)C2. The zero-order chi connectivity index (χ0) is 36.6. The van der Waals surface area contributed by atoms with Crippen LogP contribution in [-0.4, -0.2) is 61.9 Å². The lowest BCUT2D eigenvalue weighted by Gasteiger charge is -2.59. The Labute approximate surface area is 331 Å². The second-order valence-electron chi connectivity index (χ2n) is 17.5. The third-order valence-corrected chi connectivity index (χ3v) is 12.7. The van der Waals surface area contributed by atoms with E-state index < -0.39 is 41.5 Å². The van der Waals surface area contributed by atoms with Crippen LogP contribution in [0.1, 0.15) is 184 Å². The van der Waals surface area contributed by atoms with Crippen LogP contribution in [0.3, 0.4) is 0 Å². The van der Waals surface area contributed by atoms with Gasteiger partial charge in [-0.25, -0.2) is 0 Å². The summed E-state index contributed by atoms with van der Waals surface area (Å²) in [5.74, 6) is 4.13. The van der Waals surface area contributed by atoms with Crippen molar-refractivity contribution in [1.29, 1.82) is 0 Å². The lowest BCUT2D eigenvalue weighted by Crippen LogP contribution is -2.60. The van der Waals surface area contributed by atoms with Crippen molar-refractivity contribution in [1.82, 2.24) is 0 Å². The molecule has 6 rings (SSSR count). The molecule has 11 atom stereocenters. The summed E-state index contributed by atoms with van der Waals surface area (Å²) in [6.07, 6.45) is 3.35. The second-order valence-corrected chi connectivity index (χ2v) is 17.5. The predicted molar refractivity (Wildman–Crippen MR) is 219 cm³/mol. The van der Waals surface area contributed by atoms with Crippen molar-refractivity contribution >= 4 is 11.9 Å². The highest BCUT2D eigenvalue weighted by Crippen LogP contribution is 2.59. The maximum absolute atomic E-state index is 12.4. The Morgan fingerprint density at radius 1 is 0.759 bits per heavy atom. The summed E-state index contributed by atoms with van der Waals surface area (Å²) in [6.45, 7) is 18.1. The Morgan fingerprint density at radius 2 is 1.22 bits per heavy atom. The Balaban J connectivity index is -0.000000332. The number of aliphatic hydroxyl groups is 3. The van der Waals surface area contributed by atoms with E-state index in [-0.39, 0.29) is 68.0 Å². The molecule has 6 fully saturated rings. The van der Waals surface area contributed by atoms with E-state index in [0.29, 0.717) is 37.5 Å². The number of carbonyl (C=O) groups excluding carboxylic acids is 2. The molecule has 0 amide bonds. The fourth-order valence-corrected chi connectivity index (χ4v) is 9.68. The van der Waals surface area contributed by atoms with Crippen molar-refractivity contribution in [3.63, 3.8) is 0 Å². The van der Waals surface area contributed by atoms with Crippen LogP contribution in [0.2, 0.25) is 0 Å². The van der Waals surface area contributed by atoms with Crippen LogP contribution in [0.5, 0.6) is 0 Å². The Morgan fingerprint density at radius 3 is 1.59 bits per heavy atom. The van der Waals surface area contributed by atoms with Crippen molar-refractivity contribution in [2.75, 3.05) is 0 Å². The van der Waals surface area contributed by atoms with Crippen LogP contribution >= 0.6 is 0 Å². The van der Waals surface area contributed by atoms with Gasteiger partial charge in [-0.1, -0.05) is 86.1 Å². The molecule has 6 aliphatic carbocycles. The first-order valence-corrected chi connectivity index (χ1v) is 18.5. The molecule has 0 aliphatic heterocycles. The van der Waals surface area contributed by atoms with E-state index in [0.717, 1.165) is 55.8 Å². The van der Waals surface area contributed by atoms with Crippen LogP contribution in [0, 0.1) is 53.3 Å². The Kier molecular flexibility index (Phi) is 24.1. The number of hydrogen-bond acceptors (Lipinski definition) is 7. The van der Waals surface area contributed by atoms with Gasteiger partial charge in [-0.3, -0.25) is 9.59 Å². The van der Waals surface area contributed by atoms with E-state index in [9.17, 15) is 38.1 Å². The van der Waals surface area contributed by atoms with E-state index in [2.05, 4.69) is 13.8 Å². The largest absolute Gasteiger partial charge is 0.462 e. The standard InChI is InChI=1S/C15H24O3.C12H22O.C11H19F3O3.6CH4/c1-3-10(2)13(16)18-15-7-11-4-12(8-15)6-14(17,5-11)9-15;1-7-8(2)10-5-9(7)6-11(10)12(3,4)13;1-5-7(2)9(15)17-8(3)6-10(4,16)11(12,13)14;;;;;;/h10-12,17H,3-9H2,1-2H3;7-11,13H,5-6H2,1-4H3;7-8,16H,5-6H2,1-4H3;6*1H4. The molecule has 3 N–H and O–H groups in total. The van der Waals surface area contributed by atoms with Crippen molar-refractivity contribution in [3.05, 3.63) is 0 Å². The van der Waals surface area contributed by atoms with Crippen LogP contribution < -0.4 is 0 Å². The number of ether oxygens (including phenoxy) is 2. The molecule has 0 aromatic rings. The van der Waals surface area contributed by atoms with Gasteiger partial charge < -0.3 is 24.8 Å². The van der Waals surface area contributed by atoms with Gasteiger partial charge in [-0.05, 0) is 127 Å². The number of fused-ring (bicyclic) bond motifs is 2. The van der Waals surface area contributed by atoms with Gasteiger partial charge in [0.2, 0.25) is 0 Å². The van der Waals surface area contributed by atoms with Crippen LogP contribution in [0.4, 0.5) is 13.2 Å². The van der Waals surface area contributed by atoms with Gasteiger partial charge in [0.15, 0.2) is 5.60 Å². The molecule has 0 aromatic carbocycles. The van der Waals surface area contributed by atoms with Gasteiger partial charge >= 0.3 is 18.1 Å². The van der Waals surface area contributed by atoms with Gasteiger partial charge in [-0.2, -0.15) is 13.2 Å².